The molecule has 1 amide bonds. The maximum atomic E-state index is 13.4. The first-order chi connectivity index (χ1) is 17.1. The molecule has 1 unspecified atom stereocenters. The summed E-state index contributed by atoms with van der Waals surface area (Å²) in [6, 6.07) is 14.2. The Bertz CT molecular complexity index is 1160. The van der Waals surface area contributed by atoms with Gasteiger partial charge in [-0.25, -0.2) is 4.39 Å². The van der Waals surface area contributed by atoms with Crippen LogP contribution < -0.4 is 9.47 Å². The lowest BCUT2D eigenvalue weighted by atomic mass is 9.94. The molecule has 0 saturated heterocycles. The standard InChI is InChI=1S/C26H29FN4O3S/c1-30-25(23-16-33-21-9-5-6-10-22(21)34-23)28-29-26(30)35-17-24(32)31(20-7-3-2-4-8-20)15-18-11-13-19(27)14-12-18/h5-6,9-14,20,23H,2-4,7-8,15-17H2,1H3. The summed E-state index contributed by atoms with van der Waals surface area (Å²) >= 11 is 1.37. The van der Waals surface area contributed by atoms with Gasteiger partial charge in [-0.3, -0.25) is 4.79 Å². The fourth-order valence-electron chi connectivity index (χ4n) is 4.69. The Labute approximate surface area is 208 Å². The van der Waals surface area contributed by atoms with Crippen molar-refractivity contribution in [2.24, 2.45) is 7.05 Å². The highest BCUT2D eigenvalue weighted by atomic mass is 32.2. The molecule has 9 heteroatoms. The van der Waals surface area contributed by atoms with Crippen LogP contribution in [0.2, 0.25) is 0 Å². The average Bonchev–Trinajstić information content (AvgIpc) is 3.27. The molecular formula is C26H29FN4O3S. The summed E-state index contributed by atoms with van der Waals surface area (Å²) in [5, 5.41) is 9.29. The lowest BCUT2D eigenvalue weighted by molar-refractivity contribution is -0.132. The average molecular weight is 497 g/mol. The summed E-state index contributed by atoms with van der Waals surface area (Å²) < 4.78 is 27.1. The molecule has 2 aromatic carbocycles. The number of thioether (sulfide) groups is 1. The predicted octanol–water partition coefficient (Wildman–Crippen LogP) is 4.92. The topological polar surface area (TPSA) is 69.5 Å². The van der Waals surface area contributed by atoms with E-state index < -0.39 is 0 Å². The lowest BCUT2D eigenvalue weighted by Crippen LogP contribution is -2.42. The Hall–Kier alpha value is -3.07. The number of para-hydroxylation sites is 2. The summed E-state index contributed by atoms with van der Waals surface area (Å²) in [6.45, 7) is 0.834. The van der Waals surface area contributed by atoms with E-state index in [-0.39, 0.29) is 29.6 Å². The van der Waals surface area contributed by atoms with Gasteiger partial charge < -0.3 is 18.9 Å². The number of hydrogen-bond acceptors (Lipinski definition) is 6. The minimum atomic E-state index is -0.371. The van der Waals surface area contributed by atoms with Crippen molar-refractivity contribution in [1.82, 2.24) is 19.7 Å². The van der Waals surface area contributed by atoms with E-state index in [1.54, 1.807) is 12.1 Å². The molecule has 1 aromatic heterocycles. The monoisotopic (exact) mass is 496 g/mol. The maximum absolute atomic E-state index is 13.4. The van der Waals surface area contributed by atoms with Crippen molar-refractivity contribution in [3.05, 3.63) is 65.7 Å². The van der Waals surface area contributed by atoms with Crippen LogP contribution >= 0.6 is 11.8 Å². The van der Waals surface area contributed by atoms with E-state index in [2.05, 4.69) is 10.2 Å². The Morgan fingerprint density at radius 1 is 1.09 bits per heavy atom. The molecule has 1 saturated carbocycles. The van der Waals surface area contributed by atoms with Gasteiger partial charge in [0.1, 0.15) is 12.4 Å². The molecular weight excluding hydrogens is 467 g/mol. The highest BCUT2D eigenvalue weighted by Gasteiger charge is 2.29. The van der Waals surface area contributed by atoms with E-state index in [0.29, 0.717) is 29.9 Å². The largest absolute Gasteiger partial charge is 0.485 e. The van der Waals surface area contributed by atoms with Gasteiger partial charge in [0.05, 0.1) is 5.75 Å². The van der Waals surface area contributed by atoms with Crippen LogP contribution in [-0.4, -0.2) is 44.0 Å². The maximum Gasteiger partial charge on any atom is 0.233 e. The van der Waals surface area contributed by atoms with Gasteiger partial charge in [0.2, 0.25) is 5.91 Å². The van der Waals surface area contributed by atoms with E-state index in [1.807, 2.05) is 40.8 Å². The highest BCUT2D eigenvalue weighted by molar-refractivity contribution is 7.99. The zero-order chi connectivity index (χ0) is 24.2. The van der Waals surface area contributed by atoms with Crippen LogP contribution in [0.4, 0.5) is 4.39 Å². The third-order valence-corrected chi connectivity index (χ3v) is 7.60. The minimum absolute atomic E-state index is 0.0574. The summed E-state index contributed by atoms with van der Waals surface area (Å²) in [7, 11) is 1.88. The molecule has 1 aliphatic carbocycles. The molecule has 184 valence electrons. The predicted molar refractivity (Wildman–Crippen MR) is 131 cm³/mol. The summed E-state index contributed by atoms with van der Waals surface area (Å²) in [5.74, 6) is 2.10. The smallest absolute Gasteiger partial charge is 0.233 e. The Kier molecular flexibility index (Phi) is 7.22. The highest BCUT2D eigenvalue weighted by Crippen LogP contribution is 2.36. The molecule has 1 atom stereocenters. The zero-order valence-corrected chi connectivity index (χ0v) is 20.5. The van der Waals surface area contributed by atoms with Gasteiger partial charge in [-0.15, -0.1) is 10.2 Å². The van der Waals surface area contributed by atoms with Gasteiger partial charge in [-0.1, -0.05) is 55.3 Å². The van der Waals surface area contributed by atoms with Crippen LogP contribution in [0, 0.1) is 5.82 Å². The molecule has 7 nitrogen and oxygen atoms in total. The van der Waals surface area contributed by atoms with Gasteiger partial charge in [-0.2, -0.15) is 0 Å². The number of ether oxygens (including phenoxy) is 2. The van der Waals surface area contributed by atoms with Gasteiger partial charge in [0.25, 0.3) is 0 Å². The van der Waals surface area contributed by atoms with E-state index in [0.717, 1.165) is 37.0 Å². The fourth-order valence-corrected chi connectivity index (χ4v) is 5.49. The number of nitrogens with zero attached hydrogens (tertiary/aromatic N) is 4. The third kappa shape index (κ3) is 5.45. The molecule has 5 rings (SSSR count). The molecule has 1 aliphatic heterocycles. The molecule has 3 aromatic rings. The van der Waals surface area contributed by atoms with Crippen molar-refractivity contribution in [3.63, 3.8) is 0 Å². The first kappa shape index (κ1) is 23.7. The third-order valence-electron chi connectivity index (χ3n) is 6.59. The van der Waals surface area contributed by atoms with Gasteiger partial charge >= 0.3 is 0 Å². The van der Waals surface area contributed by atoms with E-state index in [4.69, 9.17) is 9.47 Å². The van der Waals surface area contributed by atoms with Gasteiger partial charge in [0.15, 0.2) is 28.6 Å². The minimum Gasteiger partial charge on any atom is -0.485 e. The summed E-state index contributed by atoms with van der Waals surface area (Å²) in [5.41, 5.74) is 0.936. The van der Waals surface area contributed by atoms with E-state index in [9.17, 15) is 9.18 Å². The molecule has 1 fully saturated rings. The van der Waals surface area contributed by atoms with E-state index in [1.165, 1.54) is 30.3 Å². The van der Waals surface area contributed by atoms with Crippen molar-refractivity contribution in [1.29, 1.82) is 0 Å². The fraction of sp³-hybridized carbons (Fsp3) is 0.423. The van der Waals surface area contributed by atoms with Gasteiger partial charge in [-0.05, 0) is 42.7 Å². The first-order valence-electron chi connectivity index (χ1n) is 12.0. The second-order valence-electron chi connectivity index (χ2n) is 8.99. The molecule has 0 spiro atoms. The molecule has 35 heavy (non-hydrogen) atoms. The number of halogens is 1. The normalized spacial score (nSPS) is 17.8. The molecule has 2 aliphatic rings. The number of aromatic nitrogens is 3. The molecule has 2 heterocycles. The van der Waals surface area contributed by atoms with Crippen molar-refractivity contribution in [2.45, 2.75) is 56.0 Å². The molecule has 0 bridgehead atoms. The zero-order valence-electron chi connectivity index (χ0n) is 19.7. The Morgan fingerprint density at radius 3 is 2.60 bits per heavy atom. The number of carbonyl (C=O) groups is 1. The molecule has 0 N–H and O–H groups in total. The second kappa shape index (κ2) is 10.7. The summed E-state index contributed by atoms with van der Waals surface area (Å²) in [6.07, 6.45) is 5.11. The number of benzene rings is 2. The Morgan fingerprint density at radius 2 is 1.83 bits per heavy atom. The SMILES string of the molecule is Cn1c(SCC(=O)N(Cc2ccc(F)cc2)C2CCCCC2)nnc1C1COc2ccccc2O1. The lowest BCUT2D eigenvalue weighted by Gasteiger charge is -2.34. The van der Waals surface area contributed by atoms with E-state index >= 15 is 0 Å². The quantitative estimate of drug-likeness (QED) is 0.433. The van der Waals surface area contributed by atoms with Crippen molar-refractivity contribution >= 4 is 17.7 Å². The number of fused-ring (bicyclic) bond motifs is 1. The first-order valence-corrected chi connectivity index (χ1v) is 13.0. The van der Waals surface area contributed by atoms with Crippen LogP contribution in [-0.2, 0) is 18.4 Å². The second-order valence-corrected chi connectivity index (χ2v) is 9.94. The number of amides is 1. The van der Waals surface area contributed by atoms with Crippen LogP contribution in [0.3, 0.4) is 0 Å². The summed E-state index contributed by atoms with van der Waals surface area (Å²) in [4.78, 5) is 15.3. The number of carbonyl (C=O) groups excluding carboxylic acids is 1. The number of rotatable bonds is 7. The van der Waals surface area contributed by atoms with Crippen molar-refractivity contribution < 1.29 is 18.7 Å². The van der Waals surface area contributed by atoms with Crippen LogP contribution in [0.25, 0.3) is 0 Å². The van der Waals surface area contributed by atoms with Gasteiger partial charge in [0, 0.05) is 19.6 Å². The van der Waals surface area contributed by atoms with Crippen LogP contribution in [0.15, 0.2) is 53.7 Å². The number of hydrogen-bond donors (Lipinski definition) is 0. The van der Waals surface area contributed by atoms with Crippen LogP contribution in [0.5, 0.6) is 11.5 Å². The van der Waals surface area contributed by atoms with Crippen LogP contribution in [0.1, 0.15) is 49.6 Å². The Balaban J connectivity index is 1.25. The molecule has 0 radical (unpaired) electrons. The van der Waals surface area contributed by atoms with Crippen molar-refractivity contribution in [2.75, 3.05) is 12.4 Å². The van der Waals surface area contributed by atoms with Crippen molar-refractivity contribution in [3.8, 4) is 11.5 Å².